The predicted molar refractivity (Wildman–Crippen MR) is 126 cm³/mol. The average Bonchev–Trinajstić information content (AvgIpc) is 3.03. The molecule has 0 radical (unpaired) electrons. The summed E-state index contributed by atoms with van der Waals surface area (Å²) in [6.45, 7) is 7.49. The zero-order valence-corrected chi connectivity index (χ0v) is 19.6. The van der Waals surface area contributed by atoms with Crippen molar-refractivity contribution in [2.45, 2.75) is 62.8 Å². The summed E-state index contributed by atoms with van der Waals surface area (Å²) in [6, 6.07) is 7.94. The van der Waals surface area contributed by atoms with E-state index >= 15 is 4.39 Å². The fourth-order valence-corrected chi connectivity index (χ4v) is 6.19. The lowest BCUT2D eigenvalue weighted by molar-refractivity contribution is 0.592. The Morgan fingerprint density at radius 1 is 0.969 bits per heavy atom. The maximum Gasteiger partial charge on any atom is 0.212 e. The monoisotopic (exact) mass is 456 g/mol. The lowest BCUT2D eigenvalue weighted by Crippen LogP contribution is -2.26. The van der Waals surface area contributed by atoms with E-state index in [2.05, 4.69) is 0 Å². The number of rotatable bonds is 4. The molecule has 32 heavy (non-hydrogen) atoms. The average molecular weight is 457 g/mol. The second kappa shape index (κ2) is 8.70. The Balaban J connectivity index is 1.92. The van der Waals surface area contributed by atoms with Crippen molar-refractivity contribution in [1.82, 2.24) is 4.57 Å². The third-order valence-electron chi connectivity index (χ3n) is 6.31. The molecule has 4 rings (SSSR count). The van der Waals surface area contributed by atoms with Gasteiger partial charge in [0.05, 0.1) is 21.5 Å². The highest BCUT2D eigenvalue weighted by atomic mass is 32.2. The molecule has 0 atom stereocenters. The second-order valence-electron chi connectivity index (χ2n) is 8.60. The van der Waals surface area contributed by atoms with Crippen LogP contribution in [-0.2, 0) is 16.4 Å². The molecule has 0 amide bonds. The van der Waals surface area contributed by atoms with Crippen LogP contribution in [0.2, 0.25) is 0 Å². The van der Waals surface area contributed by atoms with E-state index in [1.807, 2.05) is 18.7 Å². The summed E-state index contributed by atoms with van der Waals surface area (Å²) >= 11 is 0. The molecule has 3 aromatic rings. The lowest BCUT2D eigenvalue weighted by atomic mass is 10.1. The van der Waals surface area contributed by atoms with E-state index in [1.165, 1.54) is 18.3 Å². The van der Waals surface area contributed by atoms with E-state index in [1.54, 1.807) is 29.7 Å². The number of nitrogens with zero attached hydrogens (tertiary/aromatic N) is 2. The first kappa shape index (κ1) is 22.5. The molecule has 1 aliphatic rings. The van der Waals surface area contributed by atoms with Crippen LogP contribution in [0.3, 0.4) is 0 Å². The molecule has 2 heterocycles. The van der Waals surface area contributed by atoms with Crippen molar-refractivity contribution in [2.24, 2.45) is 0 Å². The second-order valence-corrected chi connectivity index (χ2v) is 10.5. The molecule has 2 aromatic carbocycles. The van der Waals surface area contributed by atoms with Gasteiger partial charge in [-0.2, -0.15) is 0 Å². The van der Waals surface area contributed by atoms with Crippen molar-refractivity contribution in [2.75, 3.05) is 18.0 Å². The van der Waals surface area contributed by atoms with Gasteiger partial charge in [-0.05, 0) is 57.4 Å². The first-order valence-electron chi connectivity index (χ1n) is 11.2. The van der Waals surface area contributed by atoms with Crippen LogP contribution in [0.25, 0.3) is 10.9 Å². The lowest BCUT2D eigenvalue weighted by Gasteiger charge is -2.24. The molecule has 7 heteroatoms. The molecule has 1 fully saturated rings. The minimum absolute atomic E-state index is 0.0914. The van der Waals surface area contributed by atoms with E-state index in [0.29, 0.717) is 23.3 Å². The Morgan fingerprint density at radius 3 is 2.28 bits per heavy atom. The molecule has 0 N–H and O–H groups in total. The van der Waals surface area contributed by atoms with Crippen LogP contribution in [0.1, 0.15) is 43.7 Å². The summed E-state index contributed by atoms with van der Waals surface area (Å²) in [5.74, 6) is -0.486. The molecule has 1 saturated heterocycles. The number of aryl methyl sites for hydroxylation is 3. The molecule has 0 unspecified atom stereocenters. The number of benzene rings is 2. The summed E-state index contributed by atoms with van der Waals surface area (Å²) in [7, 11) is -4.06. The molecule has 1 aromatic heterocycles. The molecule has 5 nitrogen and oxygen atoms in total. The fourth-order valence-electron chi connectivity index (χ4n) is 4.60. The van der Waals surface area contributed by atoms with Gasteiger partial charge in [-0.25, -0.2) is 12.8 Å². The van der Waals surface area contributed by atoms with Gasteiger partial charge in [0.2, 0.25) is 15.3 Å². The largest absolute Gasteiger partial charge is 0.369 e. The van der Waals surface area contributed by atoms with Crippen molar-refractivity contribution in [3.63, 3.8) is 0 Å². The number of hydrogen-bond acceptors (Lipinski definition) is 4. The standard InChI is InChI=1S/C25H29FN2O3S/c1-4-27-16-24(32(30,31)23-10-9-17(2)13-18(23)3)25(29)19-14-20(26)22(15-21(19)27)28-11-7-5-6-8-12-28/h9-10,13-16H,4-8,11-12H2,1-3H3. The molecular weight excluding hydrogens is 427 g/mol. The highest BCUT2D eigenvalue weighted by molar-refractivity contribution is 7.91. The summed E-state index contributed by atoms with van der Waals surface area (Å²) in [5, 5.41) is 0.0914. The highest BCUT2D eigenvalue weighted by Crippen LogP contribution is 2.29. The summed E-state index contributed by atoms with van der Waals surface area (Å²) < 4.78 is 43.7. The van der Waals surface area contributed by atoms with Gasteiger partial charge in [-0.3, -0.25) is 4.79 Å². The highest BCUT2D eigenvalue weighted by Gasteiger charge is 2.26. The number of fused-ring (bicyclic) bond motifs is 1. The van der Waals surface area contributed by atoms with E-state index < -0.39 is 21.1 Å². The number of sulfone groups is 1. The molecule has 0 saturated carbocycles. The van der Waals surface area contributed by atoms with Crippen LogP contribution in [-0.4, -0.2) is 26.1 Å². The Morgan fingerprint density at radius 2 is 1.66 bits per heavy atom. The number of halogens is 1. The van der Waals surface area contributed by atoms with E-state index in [9.17, 15) is 13.2 Å². The Bertz CT molecular complexity index is 1340. The molecule has 0 spiro atoms. The molecule has 170 valence electrons. The van der Waals surface area contributed by atoms with Gasteiger partial charge in [0, 0.05) is 25.8 Å². The normalized spacial score (nSPS) is 15.2. The zero-order valence-electron chi connectivity index (χ0n) is 18.8. The maximum atomic E-state index is 15.2. The van der Waals surface area contributed by atoms with Crippen molar-refractivity contribution in [1.29, 1.82) is 0 Å². The topological polar surface area (TPSA) is 59.4 Å². The molecular formula is C25H29FN2O3S. The van der Waals surface area contributed by atoms with Gasteiger partial charge in [0.15, 0.2) is 0 Å². The first-order valence-corrected chi connectivity index (χ1v) is 12.7. The number of aromatic nitrogens is 1. The summed E-state index contributed by atoms with van der Waals surface area (Å²) in [6.07, 6.45) is 5.68. The molecule has 1 aliphatic heterocycles. The fraction of sp³-hybridized carbons (Fsp3) is 0.400. The van der Waals surface area contributed by atoms with Crippen molar-refractivity contribution in [3.05, 3.63) is 63.7 Å². The number of hydrogen-bond donors (Lipinski definition) is 0. The minimum atomic E-state index is -4.06. The van der Waals surface area contributed by atoms with Gasteiger partial charge in [-0.15, -0.1) is 0 Å². The number of anilines is 1. The third-order valence-corrected chi connectivity index (χ3v) is 8.22. The summed E-state index contributed by atoms with van der Waals surface area (Å²) in [4.78, 5) is 15.1. The van der Waals surface area contributed by atoms with Gasteiger partial charge in [-0.1, -0.05) is 30.5 Å². The van der Waals surface area contributed by atoms with Gasteiger partial charge in [0.1, 0.15) is 10.7 Å². The maximum absolute atomic E-state index is 15.2. The minimum Gasteiger partial charge on any atom is -0.369 e. The quantitative estimate of drug-likeness (QED) is 0.555. The zero-order chi connectivity index (χ0) is 23.0. The van der Waals surface area contributed by atoms with Crippen molar-refractivity contribution >= 4 is 26.4 Å². The van der Waals surface area contributed by atoms with Crippen LogP contribution >= 0.6 is 0 Å². The van der Waals surface area contributed by atoms with Gasteiger partial charge in [0.25, 0.3) is 0 Å². The Labute approximate surface area is 188 Å². The Hall–Kier alpha value is -2.67. The first-order chi connectivity index (χ1) is 15.2. The third kappa shape index (κ3) is 3.94. The van der Waals surface area contributed by atoms with Crippen molar-refractivity contribution in [3.8, 4) is 0 Å². The number of pyridine rings is 1. The van der Waals surface area contributed by atoms with Crippen LogP contribution in [0.5, 0.6) is 0 Å². The summed E-state index contributed by atoms with van der Waals surface area (Å²) in [5.41, 5.74) is 1.89. The SMILES string of the molecule is CCn1cc(S(=O)(=O)c2ccc(C)cc2C)c(=O)c2cc(F)c(N3CCCCCC3)cc21. The van der Waals surface area contributed by atoms with Crippen LogP contribution in [0.15, 0.2) is 51.1 Å². The van der Waals surface area contributed by atoms with Gasteiger partial charge >= 0.3 is 0 Å². The van der Waals surface area contributed by atoms with Gasteiger partial charge < -0.3 is 9.47 Å². The molecule has 0 bridgehead atoms. The van der Waals surface area contributed by atoms with Crippen LogP contribution in [0.4, 0.5) is 10.1 Å². The van der Waals surface area contributed by atoms with Crippen molar-refractivity contribution < 1.29 is 12.8 Å². The predicted octanol–water partition coefficient (Wildman–Crippen LogP) is 4.99. The smallest absolute Gasteiger partial charge is 0.212 e. The van der Waals surface area contributed by atoms with Crippen LogP contribution < -0.4 is 10.3 Å². The van der Waals surface area contributed by atoms with E-state index in [-0.39, 0.29) is 15.2 Å². The Kier molecular flexibility index (Phi) is 6.12. The van der Waals surface area contributed by atoms with E-state index in [0.717, 1.165) is 44.3 Å². The van der Waals surface area contributed by atoms with E-state index in [4.69, 9.17) is 0 Å². The molecule has 0 aliphatic carbocycles. The van der Waals surface area contributed by atoms with Crippen LogP contribution in [0, 0.1) is 19.7 Å².